The Morgan fingerprint density at radius 3 is 2.65 bits per heavy atom. The van der Waals surface area contributed by atoms with E-state index in [0.29, 0.717) is 17.6 Å². The van der Waals surface area contributed by atoms with Crippen molar-refractivity contribution in [3.05, 3.63) is 59.0 Å². The van der Waals surface area contributed by atoms with Crippen LogP contribution in [-0.4, -0.2) is 16.6 Å². The van der Waals surface area contributed by atoms with Crippen LogP contribution in [0, 0.1) is 0 Å². The van der Waals surface area contributed by atoms with Crippen LogP contribution in [0.3, 0.4) is 0 Å². The van der Waals surface area contributed by atoms with Crippen LogP contribution in [0.25, 0.3) is 6.08 Å². The fourth-order valence-electron chi connectivity index (χ4n) is 1.83. The van der Waals surface area contributed by atoms with E-state index in [1.807, 2.05) is 56.3 Å². The van der Waals surface area contributed by atoms with Crippen LogP contribution in [0.2, 0.25) is 5.15 Å². The van der Waals surface area contributed by atoms with E-state index in [-0.39, 0.29) is 5.92 Å². The van der Waals surface area contributed by atoms with Crippen molar-refractivity contribution in [3.8, 4) is 5.88 Å². The number of halogens is 1. The van der Waals surface area contributed by atoms with Crippen molar-refractivity contribution < 1.29 is 4.74 Å². The van der Waals surface area contributed by atoms with Crippen molar-refractivity contribution in [2.75, 3.05) is 6.61 Å². The van der Waals surface area contributed by atoms with Gasteiger partial charge in [0.1, 0.15) is 18.1 Å². The number of benzene rings is 1. The van der Waals surface area contributed by atoms with Gasteiger partial charge < -0.3 is 4.74 Å². The molecule has 0 aliphatic rings. The van der Waals surface area contributed by atoms with Crippen LogP contribution in [0.1, 0.15) is 30.9 Å². The third kappa shape index (κ3) is 3.81. The second kappa shape index (κ2) is 7.06. The van der Waals surface area contributed by atoms with E-state index in [9.17, 15) is 0 Å². The molecule has 0 saturated carbocycles. The van der Waals surface area contributed by atoms with Gasteiger partial charge in [0.05, 0.1) is 5.56 Å². The topological polar surface area (TPSA) is 35.0 Å². The molecular weight excluding hydrogens is 272 g/mol. The smallest absolute Gasteiger partial charge is 0.221 e. The van der Waals surface area contributed by atoms with Crippen LogP contribution in [-0.2, 0) is 0 Å². The molecule has 0 radical (unpaired) electrons. The first-order chi connectivity index (χ1) is 9.68. The minimum absolute atomic E-state index is 0.219. The van der Waals surface area contributed by atoms with Crippen molar-refractivity contribution in [3.63, 3.8) is 0 Å². The summed E-state index contributed by atoms with van der Waals surface area (Å²) < 4.78 is 5.68. The Hall–Kier alpha value is -1.87. The SMILES string of the molecule is CC(C)c1c(Cl)ncnc1OCC=Cc1ccccc1. The van der Waals surface area contributed by atoms with Crippen LogP contribution in [0.5, 0.6) is 5.88 Å². The summed E-state index contributed by atoms with van der Waals surface area (Å²) in [6, 6.07) is 10.1. The zero-order valence-corrected chi connectivity index (χ0v) is 12.3. The average Bonchev–Trinajstić information content (AvgIpc) is 2.44. The molecule has 0 bridgehead atoms. The highest BCUT2D eigenvalue weighted by atomic mass is 35.5. The maximum Gasteiger partial charge on any atom is 0.221 e. The maximum atomic E-state index is 6.08. The van der Waals surface area contributed by atoms with Gasteiger partial charge in [-0.15, -0.1) is 0 Å². The summed E-state index contributed by atoms with van der Waals surface area (Å²) >= 11 is 6.08. The van der Waals surface area contributed by atoms with Gasteiger partial charge in [-0.25, -0.2) is 9.97 Å². The molecule has 0 atom stereocenters. The predicted molar refractivity (Wildman–Crippen MR) is 82.1 cm³/mol. The molecule has 4 heteroatoms. The van der Waals surface area contributed by atoms with E-state index < -0.39 is 0 Å². The lowest BCUT2D eigenvalue weighted by molar-refractivity contribution is 0.342. The van der Waals surface area contributed by atoms with Crippen LogP contribution in [0.15, 0.2) is 42.7 Å². The predicted octanol–water partition coefficient (Wildman–Crippen LogP) is 4.35. The molecule has 3 nitrogen and oxygen atoms in total. The quantitative estimate of drug-likeness (QED) is 0.768. The molecule has 20 heavy (non-hydrogen) atoms. The summed E-state index contributed by atoms with van der Waals surface area (Å²) in [4.78, 5) is 8.15. The third-order valence-electron chi connectivity index (χ3n) is 2.80. The summed E-state index contributed by atoms with van der Waals surface area (Å²) in [6.07, 6.45) is 5.39. The Bertz CT molecular complexity index is 582. The highest BCUT2D eigenvalue weighted by molar-refractivity contribution is 6.30. The number of nitrogens with zero attached hydrogens (tertiary/aromatic N) is 2. The molecule has 1 heterocycles. The van der Waals surface area contributed by atoms with Gasteiger partial charge in [-0.05, 0) is 17.6 Å². The molecule has 0 spiro atoms. The summed E-state index contributed by atoms with van der Waals surface area (Å²) in [5.74, 6) is 0.773. The van der Waals surface area contributed by atoms with Gasteiger partial charge in [-0.2, -0.15) is 0 Å². The normalized spacial score (nSPS) is 11.2. The highest BCUT2D eigenvalue weighted by Gasteiger charge is 2.14. The highest BCUT2D eigenvalue weighted by Crippen LogP contribution is 2.29. The molecule has 0 aliphatic heterocycles. The lowest BCUT2D eigenvalue weighted by Crippen LogP contribution is -2.03. The van der Waals surface area contributed by atoms with Crippen LogP contribution < -0.4 is 4.74 Å². The fourth-order valence-corrected chi connectivity index (χ4v) is 2.18. The standard InChI is InChI=1S/C16H17ClN2O/c1-12(2)14-15(17)18-11-19-16(14)20-10-6-9-13-7-4-3-5-8-13/h3-9,11-12H,10H2,1-2H3. The molecule has 0 fully saturated rings. The molecule has 0 amide bonds. The first kappa shape index (κ1) is 14.5. The fraction of sp³-hybridized carbons (Fsp3) is 0.250. The van der Waals surface area contributed by atoms with E-state index >= 15 is 0 Å². The molecular formula is C16H17ClN2O. The van der Waals surface area contributed by atoms with Crippen molar-refractivity contribution in [2.45, 2.75) is 19.8 Å². The molecule has 0 N–H and O–H groups in total. The Balaban J connectivity index is 2.01. The largest absolute Gasteiger partial charge is 0.473 e. The van der Waals surface area contributed by atoms with Crippen LogP contribution in [0.4, 0.5) is 0 Å². The number of ether oxygens (including phenoxy) is 1. The van der Waals surface area contributed by atoms with Crippen LogP contribution >= 0.6 is 11.6 Å². The summed E-state index contributed by atoms with van der Waals surface area (Å²) in [6.45, 7) is 4.52. The Morgan fingerprint density at radius 1 is 1.20 bits per heavy atom. The molecule has 0 saturated heterocycles. The first-order valence-electron chi connectivity index (χ1n) is 6.53. The Kier molecular flexibility index (Phi) is 5.13. The second-order valence-electron chi connectivity index (χ2n) is 4.66. The van der Waals surface area contributed by atoms with Crippen molar-refractivity contribution in [1.29, 1.82) is 0 Å². The monoisotopic (exact) mass is 288 g/mol. The molecule has 1 aromatic carbocycles. The molecule has 1 aromatic heterocycles. The summed E-state index contributed by atoms with van der Waals surface area (Å²) in [5, 5.41) is 0.456. The zero-order valence-electron chi connectivity index (χ0n) is 11.6. The molecule has 104 valence electrons. The summed E-state index contributed by atoms with van der Waals surface area (Å²) in [5.41, 5.74) is 1.99. The van der Waals surface area contributed by atoms with Crippen molar-refractivity contribution >= 4 is 17.7 Å². The Labute approximate surface area is 124 Å². The molecule has 0 unspecified atom stereocenters. The second-order valence-corrected chi connectivity index (χ2v) is 5.02. The lowest BCUT2D eigenvalue weighted by atomic mass is 10.1. The lowest BCUT2D eigenvalue weighted by Gasteiger charge is -2.12. The van der Waals surface area contributed by atoms with E-state index in [1.54, 1.807) is 0 Å². The number of aromatic nitrogens is 2. The minimum atomic E-state index is 0.219. The van der Waals surface area contributed by atoms with Gasteiger partial charge in [0, 0.05) is 0 Å². The minimum Gasteiger partial charge on any atom is -0.473 e. The molecule has 0 aliphatic carbocycles. The van der Waals surface area contributed by atoms with Gasteiger partial charge in [-0.1, -0.05) is 61.9 Å². The van der Waals surface area contributed by atoms with E-state index in [2.05, 4.69) is 9.97 Å². The number of hydrogen-bond acceptors (Lipinski definition) is 3. The first-order valence-corrected chi connectivity index (χ1v) is 6.91. The zero-order chi connectivity index (χ0) is 14.4. The molecule has 2 rings (SSSR count). The van der Waals surface area contributed by atoms with Gasteiger partial charge in [0.25, 0.3) is 0 Å². The maximum absolute atomic E-state index is 6.08. The van der Waals surface area contributed by atoms with E-state index in [4.69, 9.17) is 16.3 Å². The Morgan fingerprint density at radius 2 is 1.95 bits per heavy atom. The van der Waals surface area contributed by atoms with Gasteiger partial charge in [0.15, 0.2) is 0 Å². The molecule has 2 aromatic rings. The number of hydrogen-bond donors (Lipinski definition) is 0. The van der Waals surface area contributed by atoms with Crippen molar-refractivity contribution in [1.82, 2.24) is 9.97 Å². The van der Waals surface area contributed by atoms with Gasteiger partial charge >= 0.3 is 0 Å². The van der Waals surface area contributed by atoms with Gasteiger partial charge in [0.2, 0.25) is 5.88 Å². The van der Waals surface area contributed by atoms with E-state index in [1.165, 1.54) is 6.33 Å². The van der Waals surface area contributed by atoms with Gasteiger partial charge in [-0.3, -0.25) is 0 Å². The number of rotatable bonds is 5. The van der Waals surface area contributed by atoms with E-state index in [0.717, 1.165) is 11.1 Å². The third-order valence-corrected chi connectivity index (χ3v) is 3.10. The van der Waals surface area contributed by atoms with Crippen molar-refractivity contribution in [2.24, 2.45) is 0 Å². The average molecular weight is 289 g/mol. The summed E-state index contributed by atoms with van der Waals surface area (Å²) in [7, 11) is 0.